The number of nitrogens with one attached hydrogen (secondary N) is 1. The number of rotatable bonds is 5. The van der Waals surface area contributed by atoms with E-state index < -0.39 is 0 Å². The Balaban J connectivity index is 1.65. The van der Waals surface area contributed by atoms with Crippen LogP contribution in [0.5, 0.6) is 0 Å². The quantitative estimate of drug-likeness (QED) is 0.678. The Morgan fingerprint density at radius 2 is 2.12 bits per heavy atom. The van der Waals surface area contributed by atoms with Crippen LogP contribution >= 0.6 is 23.1 Å². The second kappa shape index (κ2) is 7.19. The lowest BCUT2D eigenvalue weighted by molar-refractivity contribution is -0.115. The third-order valence-corrected chi connectivity index (χ3v) is 5.23. The van der Waals surface area contributed by atoms with Gasteiger partial charge in [-0.1, -0.05) is 30.0 Å². The minimum Gasteiger partial charge on any atom is -0.410 e. The first-order valence-electron chi connectivity index (χ1n) is 7.45. The Kier molecular flexibility index (Phi) is 5.01. The molecule has 1 amide bonds. The van der Waals surface area contributed by atoms with E-state index in [1.54, 1.807) is 0 Å². The summed E-state index contributed by atoms with van der Waals surface area (Å²) in [5.74, 6) is 0.388. The van der Waals surface area contributed by atoms with Crippen LogP contribution in [0.3, 0.4) is 0 Å². The average molecular weight is 359 g/mol. The van der Waals surface area contributed by atoms with Crippen LogP contribution in [0.1, 0.15) is 18.1 Å². The third-order valence-electron chi connectivity index (χ3n) is 3.44. The summed E-state index contributed by atoms with van der Waals surface area (Å²) >= 11 is 2.79. The summed E-state index contributed by atoms with van der Waals surface area (Å²) in [7, 11) is 0. The van der Waals surface area contributed by atoms with Gasteiger partial charge in [-0.25, -0.2) is 0 Å². The van der Waals surface area contributed by atoms with Crippen LogP contribution in [-0.4, -0.2) is 21.4 Å². The first kappa shape index (κ1) is 16.7. The Morgan fingerprint density at radius 3 is 2.88 bits per heavy atom. The molecule has 1 aromatic carbocycles. The number of aryl methyl sites for hydroxylation is 2. The van der Waals surface area contributed by atoms with Crippen LogP contribution in [0.4, 0.5) is 5.69 Å². The molecular weight excluding hydrogens is 342 g/mol. The lowest BCUT2D eigenvalue weighted by atomic mass is 10.1. The second-order valence-corrected chi connectivity index (χ2v) is 7.66. The number of benzene rings is 1. The molecule has 3 aromatic rings. The highest BCUT2D eigenvalue weighted by Crippen LogP contribution is 2.29. The van der Waals surface area contributed by atoms with Crippen LogP contribution in [0.25, 0.3) is 10.8 Å². The van der Waals surface area contributed by atoms with Crippen molar-refractivity contribution in [2.24, 2.45) is 0 Å². The van der Waals surface area contributed by atoms with Crippen molar-refractivity contribution in [2.75, 3.05) is 5.32 Å². The topological polar surface area (TPSA) is 68.0 Å². The molecule has 0 radical (unpaired) electrons. The SMILES string of the molecule is Cc1ccc(C)c(NC(=O)[C@H](C)Sc2nnc(-c3cccs3)o2)c1. The van der Waals surface area contributed by atoms with Crippen molar-refractivity contribution in [1.29, 1.82) is 0 Å². The number of carbonyl (C=O) groups is 1. The molecule has 0 spiro atoms. The molecule has 124 valence electrons. The van der Waals surface area contributed by atoms with E-state index in [2.05, 4.69) is 15.5 Å². The van der Waals surface area contributed by atoms with Gasteiger partial charge in [0, 0.05) is 5.69 Å². The van der Waals surface area contributed by atoms with Gasteiger partial charge in [0.25, 0.3) is 11.1 Å². The first-order valence-corrected chi connectivity index (χ1v) is 9.21. The van der Waals surface area contributed by atoms with Crippen molar-refractivity contribution >= 4 is 34.7 Å². The van der Waals surface area contributed by atoms with Crippen LogP contribution in [-0.2, 0) is 4.79 Å². The summed E-state index contributed by atoms with van der Waals surface area (Å²) in [5.41, 5.74) is 2.97. The number of amides is 1. The Bertz CT molecular complexity index is 843. The van der Waals surface area contributed by atoms with E-state index in [0.717, 1.165) is 21.7 Å². The van der Waals surface area contributed by atoms with Crippen LogP contribution in [0, 0.1) is 13.8 Å². The number of anilines is 1. The summed E-state index contributed by atoms with van der Waals surface area (Å²) in [5, 5.41) is 13.0. The molecular formula is C17H17N3O2S2. The van der Waals surface area contributed by atoms with Crippen molar-refractivity contribution in [3.63, 3.8) is 0 Å². The zero-order valence-corrected chi connectivity index (χ0v) is 15.2. The van der Waals surface area contributed by atoms with E-state index in [1.165, 1.54) is 23.1 Å². The van der Waals surface area contributed by atoms with Gasteiger partial charge in [0.05, 0.1) is 10.1 Å². The van der Waals surface area contributed by atoms with Gasteiger partial charge in [-0.3, -0.25) is 4.79 Å². The fourth-order valence-electron chi connectivity index (χ4n) is 2.07. The van der Waals surface area contributed by atoms with Crippen LogP contribution in [0.2, 0.25) is 0 Å². The maximum absolute atomic E-state index is 12.4. The Hall–Kier alpha value is -2.12. The zero-order valence-electron chi connectivity index (χ0n) is 13.6. The fourth-order valence-corrected chi connectivity index (χ4v) is 3.39. The van der Waals surface area contributed by atoms with Crippen LogP contribution in [0.15, 0.2) is 45.4 Å². The lowest BCUT2D eigenvalue weighted by Crippen LogP contribution is -2.22. The van der Waals surface area contributed by atoms with Gasteiger partial charge < -0.3 is 9.73 Å². The van der Waals surface area contributed by atoms with Gasteiger partial charge in [-0.15, -0.1) is 21.5 Å². The van der Waals surface area contributed by atoms with Gasteiger partial charge >= 0.3 is 0 Å². The monoisotopic (exact) mass is 359 g/mol. The summed E-state index contributed by atoms with van der Waals surface area (Å²) in [6.45, 7) is 5.79. The zero-order chi connectivity index (χ0) is 17.1. The Morgan fingerprint density at radius 1 is 1.29 bits per heavy atom. The largest absolute Gasteiger partial charge is 0.410 e. The molecule has 3 rings (SSSR count). The van der Waals surface area contributed by atoms with E-state index in [-0.39, 0.29) is 11.2 Å². The highest BCUT2D eigenvalue weighted by Gasteiger charge is 2.19. The number of nitrogens with zero attached hydrogens (tertiary/aromatic N) is 2. The number of thiophene rings is 1. The number of hydrogen-bond donors (Lipinski definition) is 1. The number of thioether (sulfide) groups is 1. The molecule has 0 saturated carbocycles. The van der Waals surface area contributed by atoms with E-state index >= 15 is 0 Å². The third kappa shape index (κ3) is 3.85. The van der Waals surface area contributed by atoms with Crippen molar-refractivity contribution < 1.29 is 9.21 Å². The molecule has 2 aromatic heterocycles. The number of hydrogen-bond acceptors (Lipinski definition) is 6. The molecule has 0 unspecified atom stereocenters. The van der Waals surface area contributed by atoms with Gasteiger partial charge in [0.15, 0.2) is 0 Å². The maximum Gasteiger partial charge on any atom is 0.277 e. The van der Waals surface area contributed by atoms with Gasteiger partial charge in [-0.2, -0.15) is 0 Å². The van der Waals surface area contributed by atoms with E-state index in [4.69, 9.17) is 4.42 Å². The van der Waals surface area contributed by atoms with Crippen molar-refractivity contribution in [2.45, 2.75) is 31.2 Å². The molecule has 0 aliphatic heterocycles. The smallest absolute Gasteiger partial charge is 0.277 e. The lowest BCUT2D eigenvalue weighted by Gasteiger charge is -2.12. The average Bonchev–Trinajstić information content (AvgIpc) is 3.21. The van der Waals surface area contributed by atoms with E-state index in [1.807, 2.05) is 56.5 Å². The highest BCUT2D eigenvalue weighted by atomic mass is 32.2. The normalized spacial score (nSPS) is 12.1. The fraction of sp³-hybridized carbons (Fsp3) is 0.235. The summed E-state index contributed by atoms with van der Waals surface area (Å²) in [6, 6.07) is 9.83. The minimum absolute atomic E-state index is 0.0930. The van der Waals surface area contributed by atoms with E-state index in [0.29, 0.717) is 11.1 Å². The molecule has 5 nitrogen and oxygen atoms in total. The number of carbonyl (C=O) groups excluding carboxylic acids is 1. The molecule has 0 saturated heterocycles. The number of aromatic nitrogens is 2. The standard InChI is InChI=1S/C17H17N3O2S2/c1-10-6-7-11(2)13(9-10)18-15(21)12(3)24-17-20-19-16(22-17)14-5-4-8-23-14/h4-9,12H,1-3H3,(H,18,21)/t12-/m0/s1. The van der Waals surface area contributed by atoms with Crippen molar-refractivity contribution in [3.05, 3.63) is 46.8 Å². The first-order chi connectivity index (χ1) is 11.5. The van der Waals surface area contributed by atoms with E-state index in [9.17, 15) is 4.79 Å². The Labute approximate surface area is 148 Å². The molecule has 0 aliphatic rings. The summed E-state index contributed by atoms with van der Waals surface area (Å²) in [4.78, 5) is 13.3. The van der Waals surface area contributed by atoms with Gasteiger partial charge in [-0.05, 0) is 49.4 Å². The molecule has 24 heavy (non-hydrogen) atoms. The molecule has 1 atom stereocenters. The molecule has 7 heteroatoms. The van der Waals surface area contributed by atoms with Crippen molar-refractivity contribution in [1.82, 2.24) is 10.2 Å². The maximum atomic E-state index is 12.4. The van der Waals surface area contributed by atoms with Crippen LogP contribution < -0.4 is 5.32 Å². The molecule has 0 aliphatic carbocycles. The minimum atomic E-state index is -0.346. The van der Waals surface area contributed by atoms with Gasteiger partial charge in [0.1, 0.15) is 0 Å². The molecule has 0 bridgehead atoms. The summed E-state index contributed by atoms with van der Waals surface area (Å²) in [6.07, 6.45) is 0. The van der Waals surface area contributed by atoms with Crippen molar-refractivity contribution in [3.8, 4) is 10.8 Å². The summed E-state index contributed by atoms with van der Waals surface area (Å²) < 4.78 is 5.61. The predicted octanol–water partition coefficient (Wildman–Crippen LogP) is 4.53. The highest BCUT2D eigenvalue weighted by molar-refractivity contribution is 8.00. The second-order valence-electron chi connectivity index (χ2n) is 5.42. The molecule has 1 N–H and O–H groups in total. The predicted molar refractivity (Wildman–Crippen MR) is 97.5 cm³/mol. The molecule has 2 heterocycles. The van der Waals surface area contributed by atoms with Gasteiger partial charge in [0.2, 0.25) is 5.91 Å². The molecule has 0 fully saturated rings.